The monoisotopic (exact) mass is 397 g/mol. The van der Waals surface area contributed by atoms with Crippen LogP contribution in [0.4, 0.5) is 10.1 Å². The van der Waals surface area contributed by atoms with Crippen molar-refractivity contribution >= 4 is 44.6 Å². The Morgan fingerprint density at radius 3 is 2.36 bits per heavy atom. The second kappa shape index (κ2) is 6.87. The van der Waals surface area contributed by atoms with Crippen LogP contribution in [0.1, 0.15) is 10.5 Å². The average Bonchev–Trinajstić information content (AvgIpc) is 3.08. The summed E-state index contributed by atoms with van der Waals surface area (Å²) in [4.78, 5) is 12.3. The lowest BCUT2D eigenvalue weighted by Crippen LogP contribution is -2.16. The Morgan fingerprint density at radius 1 is 1.08 bits per heavy atom. The fourth-order valence-corrected chi connectivity index (χ4v) is 4.36. The number of hydrogen-bond donors (Lipinski definition) is 1. The van der Waals surface area contributed by atoms with Crippen molar-refractivity contribution < 1.29 is 17.6 Å². The van der Waals surface area contributed by atoms with Gasteiger partial charge in [0.25, 0.3) is 5.91 Å². The second-order valence-corrected chi connectivity index (χ2v) is 8.16. The van der Waals surface area contributed by atoms with Gasteiger partial charge in [0.05, 0.1) is 4.90 Å². The smallest absolute Gasteiger partial charge is 0.278 e. The maximum Gasteiger partial charge on any atom is 0.278 e. The predicted molar refractivity (Wildman–Crippen MR) is 91.2 cm³/mol. The Bertz CT molecular complexity index is 1020. The van der Waals surface area contributed by atoms with Gasteiger partial charge in [-0.1, -0.05) is 16.1 Å². The number of aromatic nitrogens is 2. The van der Waals surface area contributed by atoms with E-state index in [0.29, 0.717) is 22.2 Å². The van der Waals surface area contributed by atoms with Crippen LogP contribution < -0.4 is 5.32 Å². The SMILES string of the molecule is O=C(Nc1ccc(F)cc1)c1nnsc1S(=O)(=O)c1ccc(Cl)cc1. The summed E-state index contributed by atoms with van der Waals surface area (Å²) in [7, 11) is -3.97. The zero-order valence-electron chi connectivity index (χ0n) is 12.3. The van der Waals surface area contributed by atoms with Crippen LogP contribution in [0, 0.1) is 5.82 Å². The molecule has 0 fully saturated rings. The Hall–Kier alpha value is -2.36. The molecule has 3 aromatic rings. The molecule has 2 aromatic carbocycles. The van der Waals surface area contributed by atoms with E-state index in [1.54, 1.807) is 0 Å². The number of hydrogen-bond acceptors (Lipinski definition) is 6. The van der Waals surface area contributed by atoms with Crippen LogP contribution in [-0.4, -0.2) is 23.9 Å². The van der Waals surface area contributed by atoms with E-state index in [2.05, 4.69) is 14.9 Å². The maximum absolute atomic E-state index is 12.9. The molecular weight excluding hydrogens is 389 g/mol. The second-order valence-electron chi connectivity index (χ2n) is 4.83. The first-order valence-corrected chi connectivity index (χ1v) is 9.41. The van der Waals surface area contributed by atoms with Crippen molar-refractivity contribution in [1.82, 2.24) is 9.59 Å². The fourth-order valence-electron chi connectivity index (χ4n) is 1.94. The summed E-state index contributed by atoms with van der Waals surface area (Å²) in [5.41, 5.74) is -0.0292. The predicted octanol–water partition coefficient (Wildman–Crippen LogP) is 3.42. The minimum atomic E-state index is -3.97. The number of rotatable bonds is 4. The van der Waals surface area contributed by atoms with E-state index in [-0.39, 0.29) is 14.8 Å². The first-order chi connectivity index (χ1) is 11.9. The molecule has 0 unspecified atom stereocenters. The number of nitrogens with one attached hydrogen (secondary N) is 1. The standard InChI is InChI=1S/C15H9ClFN3O3S2/c16-9-1-7-12(8-2-9)25(22,23)15-13(19-20-24-15)14(21)18-11-5-3-10(17)4-6-11/h1-8H,(H,18,21). The molecule has 1 N–H and O–H groups in total. The molecule has 0 aliphatic carbocycles. The van der Waals surface area contributed by atoms with Gasteiger partial charge in [0.2, 0.25) is 9.84 Å². The summed E-state index contributed by atoms with van der Waals surface area (Å²) < 4.78 is 41.6. The summed E-state index contributed by atoms with van der Waals surface area (Å²) in [6.45, 7) is 0. The normalized spacial score (nSPS) is 11.3. The van der Waals surface area contributed by atoms with E-state index in [1.807, 2.05) is 0 Å². The van der Waals surface area contributed by atoms with Crippen LogP contribution in [0.3, 0.4) is 0 Å². The van der Waals surface area contributed by atoms with Crippen LogP contribution >= 0.6 is 23.1 Å². The molecule has 10 heteroatoms. The number of amides is 1. The van der Waals surface area contributed by atoms with Gasteiger partial charge in [-0.15, -0.1) is 5.10 Å². The van der Waals surface area contributed by atoms with E-state index in [9.17, 15) is 17.6 Å². The molecule has 0 spiro atoms. The summed E-state index contributed by atoms with van der Waals surface area (Å²) >= 11 is 6.36. The molecule has 3 rings (SSSR count). The number of carbonyl (C=O) groups is 1. The third kappa shape index (κ3) is 3.68. The van der Waals surface area contributed by atoms with E-state index in [4.69, 9.17) is 11.6 Å². The Balaban J connectivity index is 1.93. The van der Waals surface area contributed by atoms with Crippen molar-refractivity contribution in [3.05, 3.63) is 65.1 Å². The van der Waals surface area contributed by atoms with Crippen molar-refractivity contribution in [3.63, 3.8) is 0 Å². The fraction of sp³-hybridized carbons (Fsp3) is 0. The van der Waals surface area contributed by atoms with Gasteiger partial charge in [0.15, 0.2) is 9.90 Å². The largest absolute Gasteiger partial charge is 0.321 e. The van der Waals surface area contributed by atoms with E-state index < -0.39 is 21.6 Å². The van der Waals surface area contributed by atoms with Gasteiger partial charge in [0.1, 0.15) is 5.82 Å². The lowest BCUT2D eigenvalue weighted by atomic mass is 10.3. The molecule has 0 atom stereocenters. The number of carbonyl (C=O) groups excluding carboxylic acids is 1. The van der Waals surface area contributed by atoms with Crippen LogP contribution in [0.5, 0.6) is 0 Å². The third-order valence-corrected chi connectivity index (χ3v) is 6.37. The van der Waals surface area contributed by atoms with E-state index in [0.717, 1.165) is 0 Å². The molecule has 1 aromatic heterocycles. The van der Waals surface area contributed by atoms with E-state index >= 15 is 0 Å². The summed E-state index contributed by atoms with van der Waals surface area (Å²) in [6, 6.07) is 10.6. The quantitative estimate of drug-likeness (QED) is 0.728. The number of nitrogens with zero attached hydrogens (tertiary/aromatic N) is 2. The molecule has 0 aliphatic heterocycles. The number of sulfone groups is 1. The van der Waals surface area contributed by atoms with Gasteiger partial charge < -0.3 is 5.32 Å². The number of anilines is 1. The van der Waals surface area contributed by atoms with Gasteiger partial charge in [-0.3, -0.25) is 4.79 Å². The van der Waals surface area contributed by atoms with E-state index in [1.165, 1.54) is 48.5 Å². The number of benzene rings is 2. The Morgan fingerprint density at radius 2 is 1.72 bits per heavy atom. The maximum atomic E-state index is 12.9. The zero-order valence-corrected chi connectivity index (χ0v) is 14.7. The molecule has 6 nitrogen and oxygen atoms in total. The molecule has 1 amide bonds. The lowest BCUT2D eigenvalue weighted by molar-refractivity contribution is 0.101. The van der Waals surface area contributed by atoms with Crippen LogP contribution in [0.2, 0.25) is 5.02 Å². The molecular formula is C15H9ClFN3O3S2. The van der Waals surface area contributed by atoms with Crippen LogP contribution in [0.25, 0.3) is 0 Å². The van der Waals surface area contributed by atoms with Gasteiger partial charge >= 0.3 is 0 Å². The van der Waals surface area contributed by atoms with Gasteiger partial charge in [0, 0.05) is 22.2 Å². The minimum Gasteiger partial charge on any atom is -0.321 e. The minimum absolute atomic E-state index is 0.0289. The van der Waals surface area contributed by atoms with Crippen LogP contribution in [-0.2, 0) is 9.84 Å². The summed E-state index contributed by atoms with van der Waals surface area (Å²) in [6.07, 6.45) is 0. The topological polar surface area (TPSA) is 89.0 Å². The molecule has 0 aliphatic rings. The lowest BCUT2D eigenvalue weighted by Gasteiger charge is -2.05. The molecule has 0 radical (unpaired) electrons. The van der Waals surface area contributed by atoms with Crippen molar-refractivity contribution in [2.24, 2.45) is 0 Å². The van der Waals surface area contributed by atoms with Crippen molar-refractivity contribution in [2.45, 2.75) is 9.10 Å². The Kier molecular flexibility index (Phi) is 4.80. The third-order valence-electron chi connectivity index (χ3n) is 3.14. The molecule has 0 saturated heterocycles. The average molecular weight is 398 g/mol. The van der Waals surface area contributed by atoms with Crippen molar-refractivity contribution in [3.8, 4) is 0 Å². The highest BCUT2D eigenvalue weighted by Gasteiger charge is 2.29. The van der Waals surface area contributed by atoms with Crippen LogP contribution in [0.15, 0.2) is 57.6 Å². The van der Waals surface area contributed by atoms with Gasteiger partial charge in [-0.25, -0.2) is 12.8 Å². The molecule has 128 valence electrons. The van der Waals surface area contributed by atoms with Gasteiger partial charge in [-0.2, -0.15) is 0 Å². The summed E-state index contributed by atoms with van der Waals surface area (Å²) in [5, 5.41) is 6.46. The molecule has 0 saturated carbocycles. The number of halogens is 2. The summed E-state index contributed by atoms with van der Waals surface area (Å²) in [5.74, 6) is -1.22. The first kappa shape index (κ1) is 17.5. The highest BCUT2D eigenvalue weighted by Crippen LogP contribution is 2.27. The molecule has 0 bridgehead atoms. The van der Waals surface area contributed by atoms with Crippen molar-refractivity contribution in [1.29, 1.82) is 0 Å². The first-order valence-electron chi connectivity index (χ1n) is 6.78. The Labute approximate surface area is 151 Å². The van der Waals surface area contributed by atoms with Crippen molar-refractivity contribution in [2.75, 3.05) is 5.32 Å². The zero-order chi connectivity index (χ0) is 18.0. The highest BCUT2D eigenvalue weighted by atomic mass is 35.5. The molecule has 25 heavy (non-hydrogen) atoms. The van der Waals surface area contributed by atoms with Gasteiger partial charge in [-0.05, 0) is 48.5 Å². The molecule has 1 heterocycles. The highest BCUT2D eigenvalue weighted by molar-refractivity contribution is 7.93.